The Morgan fingerprint density at radius 2 is 2.22 bits per heavy atom. The lowest BCUT2D eigenvalue weighted by molar-refractivity contribution is 0.131. The molecule has 1 heterocycles. The second-order valence-corrected chi connectivity index (χ2v) is 5.61. The summed E-state index contributed by atoms with van der Waals surface area (Å²) in [5.41, 5.74) is 1.14. The van der Waals surface area contributed by atoms with Gasteiger partial charge in [0, 0.05) is 18.0 Å². The second kappa shape index (κ2) is 5.19. The molecule has 1 unspecified atom stereocenters. The first kappa shape index (κ1) is 13.2. The van der Waals surface area contributed by atoms with Crippen LogP contribution in [0.15, 0.2) is 18.2 Å². The third-order valence-corrected chi connectivity index (χ3v) is 3.36. The van der Waals surface area contributed by atoms with Gasteiger partial charge in [-0.3, -0.25) is 0 Å². The van der Waals surface area contributed by atoms with E-state index in [9.17, 15) is 0 Å². The van der Waals surface area contributed by atoms with E-state index in [0.29, 0.717) is 12.6 Å². The van der Waals surface area contributed by atoms with Gasteiger partial charge in [-0.1, -0.05) is 12.1 Å². The van der Waals surface area contributed by atoms with Gasteiger partial charge in [-0.2, -0.15) is 0 Å². The molecule has 1 atom stereocenters. The van der Waals surface area contributed by atoms with E-state index in [1.54, 1.807) is 0 Å². The number of benzene rings is 1. The maximum Gasteiger partial charge on any atom is 0.165 e. The van der Waals surface area contributed by atoms with E-state index in [0.717, 1.165) is 24.3 Å². The Bertz CT molecular complexity index is 415. The van der Waals surface area contributed by atoms with Crippen LogP contribution >= 0.6 is 0 Å². The second-order valence-electron chi connectivity index (χ2n) is 5.61. The minimum Gasteiger partial charge on any atom is -0.490 e. The highest BCUT2D eigenvalue weighted by Crippen LogP contribution is 2.41. The van der Waals surface area contributed by atoms with E-state index >= 15 is 0 Å². The summed E-state index contributed by atoms with van der Waals surface area (Å²) >= 11 is 0. The fourth-order valence-electron chi connectivity index (χ4n) is 2.19. The molecule has 3 nitrogen and oxygen atoms in total. The molecule has 18 heavy (non-hydrogen) atoms. The predicted octanol–water partition coefficient (Wildman–Crippen LogP) is 2.78. The molecule has 1 aliphatic heterocycles. The van der Waals surface area contributed by atoms with Crippen molar-refractivity contribution in [3.8, 4) is 11.5 Å². The quantitative estimate of drug-likeness (QED) is 0.870. The molecule has 0 saturated carbocycles. The van der Waals surface area contributed by atoms with Gasteiger partial charge in [0.25, 0.3) is 0 Å². The average Bonchev–Trinajstić information content (AvgIpc) is 2.63. The summed E-state index contributed by atoms with van der Waals surface area (Å²) in [5.74, 6) is 1.81. The standard InChI is InChI=1S/C15H23NO2/c1-11(16-4)8-9-17-13-7-5-6-12-10-15(2,3)18-14(12)13/h5-7,11,16H,8-10H2,1-4H3. The van der Waals surface area contributed by atoms with E-state index in [4.69, 9.17) is 9.47 Å². The van der Waals surface area contributed by atoms with Gasteiger partial charge in [0.15, 0.2) is 11.5 Å². The van der Waals surface area contributed by atoms with Crippen LogP contribution in [0.1, 0.15) is 32.8 Å². The zero-order valence-electron chi connectivity index (χ0n) is 11.7. The van der Waals surface area contributed by atoms with Crippen molar-refractivity contribution in [2.75, 3.05) is 13.7 Å². The Kier molecular flexibility index (Phi) is 3.81. The molecule has 0 saturated heterocycles. The van der Waals surface area contributed by atoms with Crippen molar-refractivity contribution in [3.63, 3.8) is 0 Å². The first-order valence-corrected chi connectivity index (χ1v) is 6.63. The third-order valence-electron chi connectivity index (χ3n) is 3.36. The third kappa shape index (κ3) is 2.96. The molecule has 3 heteroatoms. The molecule has 0 aromatic heterocycles. The SMILES string of the molecule is CNC(C)CCOc1cccc2c1OC(C)(C)C2. The summed E-state index contributed by atoms with van der Waals surface area (Å²) in [4.78, 5) is 0. The predicted molar refractivity (Wildman–Crippen MR) is 73.5 cm³/mol. The Morgan fingerprint density at radius 3 is 2.94 bits per heavy atom. The topological polar surface area (TPSA) is 30.5 Å². The fourth-order valence-corrected chi connectivity index (χ4v) is 2.19. The van der Waals surface area contributed by atoms with E-state index in [2.05, 4.69) is 32.2 Å². The summed E-state index contributed by atoms with van der Waals surface area (Å²) in [7, 11) is 1.97. The van der Waals surface area contributed by atoms with Crippen molar-refractivity contribution >= 4 is 0 Å². The van der Waals surface area contributed by atoms with Crippen LogP contribution in [0.4, 0.5) is 0 Å². The Balaban J connectivity index is 2.01. The zero-order chi connectivity index (χ0) is 13.2. The lowest BCUT2D eigenvalue weighted by Gasteiger charge is -2.18. The smallest absolute Gasteiger partial charge is 0.165 e. The highest BCUT2D eigenvalue weighted by Gasteiger charge is 2.32. The molecule has 0 aliphatic carbocycles. The maximum absolute atomic E-state index is 5.97. The number of hydrogen-bond acceptors (Lipinski definition) is 3. The van der Waals surface area contributed by atoms with Crippen molar-refractivity contribution in [2.24, 2.45) is 0 Å². The van der Waals surface area contributed by atoms with Crippen molar-refractivity contribution < 1.29 is 9.47 Å². The van der Waals surface area contributed by atoms with E-state index in [1.165, 1.54) is 5.56 Å². The average molecular weight is 249 g/mol. The monoisotopic (exact) mass is 249 g/mol. The summed E-state index contributed by atoms with van der Waals surface area (Å²) in [6.45, 7) is 7.08. The Labute approximate surface area is 109 Å². The number of para-hydroxylation sites is 1. The van der Waals surface area contributed by atoms with Gasteiger partial charge >= 0.3 is 0 Å². The summed E-state index contributed by atoms with van der Waals surface area (Å²) in [6.07, 6.45) is 1.94. The highest BCUT2D eigenvalue weighted by molar-refractivity contribution is 5.50. The minimum absolute atomic E-state index is 0.111. The molecule has 0 spiro atoms. The van der Waals surface area contributed by atoms with Crippen LogP contribution in [0, 0.1) is 0 Å². The van der Waals surface area contributed by atoms with Gasteiger partial charge in [0.2, 0.25) is 0 Å². The van der Waals surface area contributed by atoms with Crippen molar-refractivity contribution in [3.05, 3.63) is 23.8 Å². The van der Waals surface area contributed by atoms with Crippen molar-refractivity contribution in [1.29, 1.82) is 0 Å². The molecule has 0 radical (unpaired) electrons. The molecule has 1 aromatic carbocycles. The molecule has 0 bridgehead atoms. The summed E-state index contributed by atoms with van der Waals surface area (Å²) in [6, 6.07) is 6.62. The summed E-state index contributed by atoms with van der Waals surface area (Å²) in [5, 5.41) is 3.21. The lowest BCUT2D eigenvalue weighted by atomic mass is 10.0. The van der Waals surface area contributed by atoms with Crippen LogP contribution in [0.3, 0.4) is 0 Å². The van der Waals surface area contributed by atoms with Crippen LogP contribution in [-0.2, 0) is 6.42 Å². The zero-order valence-corrected chi connectivity index (χ0v) is 11.7. The van der Waals surface area contributed by atoms with Gasteiger partial charge in [0.1, 0.15) is 5.60 Å². The number of hydrogen-bond donors (Lipinski definition) is 1. The minimum atomic E-state index is -0.111. The number of ether oxygens (including phenoxy) is 2. The van der Waals surface area contributed by atoms with Crippen LogP contribution in [0.2, 0.25) is 0 Å². The van der Waals surface area contributed by atoms with Crippen LogP contribution in [-0.4, -0.2) is 25.3 Å². The van der Waals surface area contributed by atoms with Crippen molar-refractivity contribution in [1.82, 2.24) is 5.32 Å². The molecule has 1 aliphatic rings. The maximum atomic E-state index is 5.97. The largest absolute Gasteiger partial charge is 0.490 e. The van der Waals surface area contributed by atoms with E-state index in [1.807, 2.05) is 19.2 Å². The van der Waals surface area contributed by atoms with E-state index in [-0.39, 0.29) is 5.60 Å². The molecule has 0 amide bonds. The lowest BCUT2D eigenvalue weighted by Crippen LogP contribution is -2.25. The Hall–Kier alpha value is -1.22. The van der Waals surface area contributed by atoms with Gasteiger partial charge in [-0.25, -0.2) is 0 Å². The van der Waals surface area contributed by atoms with Crippen LogP contribution in [0.25, 0.3) is 0 Å². The molecule has 1 aromatic rings. The van der Waals surface area contributed by atoms with Gasteiger partial charge in [0.05, 0.1) is 6.61 Å². The number of rotatable bonds is 5. The van der Waals surface area contributed by atoms with Crippen molar-refractivity contribution in [2.45, 2.75) is 45.3 Å². The number of nitrogens with one attached hydrogen (secondary N) is 1. The van der Waals surface area contributed by atoms with Gasteiger partial charge < -0.3 is 14.8 Å². The normalized spacial score (nSPS) is 18.0. The molecule has 0 fully saturated rings. The molecule has 2 rings (SSSR count). The summed E-state index contributed by atoms with van der Waals surface area (Å²) < 4.78 is 11.8. The molecular formula is C15H23NO2. The van der Waals surface area contributed by atoms with Gasteiger partial charge in [-0.15, -0.1) is 0 Å². The van der Waals surface area contributed by atoms with E-state index < -0.39 is 0 Å². The van der Waals surface area contributed by atoms with Crippen LogP contribution in [0.5, 0.6) is 11.5 Å². The molecular weight excluding hydrogens is 226 g/mol. The van der Waals surface area contributed by atoms with Gasteiger partial charge in [-0.05, 0) is 40.3 Å². The Morgan fingerprint density at radius 1 is 1.44 bits per heavy atom. The highest BCUT2D eigenvalue weighted by atomic mass is 16.5. The van der Waals surface area contributed by atoms with Crippen LogP contribution < -0.4 is 14.8 Å². The number of fused-ring (bicyclic) bond motifs is 1. The fraction of sp³-hybridized carbons (Fsp3) is 0.600. The molecule has 100 valence electrons. The molecule has 1 N–H and O–H groups in total. The first-order valence-electron chi connectivity index (χ1n) is 6.63. The first-order chi connectivity index (χ1) is 8.52.